The van der Waals surface area contributed by atoms with E-state index in [1.807, 2.05) is 4.68 Å². The average molecular weight is 378 g/mol. The van der Waals surface area contributed by atoms with Crippen molar-refractivity contribution < 1.29 is 4.39 Å². The number of halogens is 1. The van der Waals surface area contributed by atoms with Crippen molar-refractivity contribution in [3.8, 4) is 22.8 Å². The van der Waals surface area contributed by atoms with Crippen LogP contribution >= 0.6 is 0 Å². The van der Waals surface area contributed by atoms with E-state index in [1.165, 1.54) is 30.5 Å². The first kappa shape index (κ1) is 18.8. The van der Waals surface area contributed by atoms with Gasteiger partial charge < -0.3 is 4.90 Å². The number of likely N-dealkylation sites (tertiary alicyclic amines) is 1. The molecule has 2 aromatic carbocycles. The maximum absolute atomic E-state index is 13.4. The Balaban J connectivity index is 1.60. The van der Waals surface area contributed by atoms with Gasteiger partial charge >= 0.3 is 0 Å². The maximum Gasteiger partial charge on any atom is 0.181 e. The third-order valence-electron chi connectivity index (χ3n) is 5.59. The standard InChI is InChI=1S/C23H27FN4/c1-17-3-5-19(6-4-17)22-25-23(20-7-9-21(24)10-8-20)28(26-22)16-15-27-13-11-18(2)12-14-27/h3-10,18H,11-16H2,1-2H3. The molecule has 146 valence electrons. The molecule has 1 aromatic heterocycles. The molecule has 1 aliphatic rings. The van der Waals surface area contributed by atoms with Crippen LogP contribution in [0.25, 0.3) is 22.8 Å². The quantitative estimate of drug-likeness (QED) is 0.640. The summed E-state index contributed by atoms with van der Waals surface area (Å²) in [6.45, 7) is 8.42. The number of piperidine rings is 1. The molecule has 0 saturated carbocycles. The molecule has 0 N–H and O–H groups in total. The number of aryl methyl sites for hydroxylation is 1. The lowest BCUT2D eigenvalue weighted by Crippen LogP contribution is -2.35. The minimum absolute atomic E-state index is 0.240. The fourth-order valence-electron chi connectivity index (χ4n) is 3.66. The van der Waals surface area contributed by atoms with Crippen molar-refractivity contribution in [1.82, 2.24) is 19.7 Å². The van der Waals surface area contributed by atoms with Gasteiger partial charge in [-0.3, -0.25) is 0 Å². The van der Waals surface area contributed by atoms with Gasteiger partial charge in [0, 0.05) is 17.7 Å². The number of rotatable bonds is 5. The van der Waals surface area contributed by atoms with Gasteiger partial charge in [0.25, 0.3) is 0 Å². The van der Waals surface area contributed by atoms with Crippen LogP contribution in [0.15, 0.2) is 48.5 Å². The lowest BCUT2D eigenvalue weighted by Gasteiger charge is -2.30. The van der Waals surface area contributed by atoms with Gasteiger partial charge in [-0.15, -0.1) is 0 Å². The van der Waals surface area contributed by atoms with Crippen molar-refractivity contribution in [3.05, 3.63) is 59.9 Å². The molecule has 0 radical (unpaired) electrons. The normalized spacial score (nSPS) is 15.8. The molecular formula is C23H27FN4. The van der Waals surface area contributed by atoms with Crippen LogP contribution in [0.4, 0.5) is 4.39 Å². The van der Waals surface area contributed by atoms with Crippen LogP contribution in [0.2, 0.25) is 0 Å². The summed E-state index contributed by atoms with van der Waals surface area (Å²) in [6.07, 6.45) is 2.52. The third-order valence-corrected chi connectivity index (χ3v) is 5.59. The van der Waals surface area contributed by atoms with Crippen LogP contribution in [0.3, 0.4) is 0 Å². The molecule has 0 atom stereocenters. The molecule has 0 unspecified atom stereocenters. The van der Waals surface area contributed by atoms with E-state index >= 15 is 0 Å². The van der Waals surface area contributed by atoms with Crippen molar-refractivity contribution in [2.45, 2.75) is 33.2 Å². The molecule has 1 aliphatic heterocycles. The largest absolute Gasteiger partial charge is 0.301 e. The first-order chi connectivity index (χ1) is 13.6. The molecule has 0 amide bonds. The second-order valence-corrected chi connectivity index (χ2v) is 7.88. The van der Waals surface area contributed by atoms with Gasteiger partial charge in [-0.2, -0.15) is 5.10 Å². The Morgan fingerprint density at radius 1 is 0.929 bits per heavy atom. The van der Waals surface area contributed by atoms with Crippen LogP contribution in [0.5, 0.6) is 0 Å². The minimum atomic E-state index is -0.240. The van der Waals surface area contributed by atoms with E-state index < -0.39 is 0 Å². The molecule has 1 saturated heterocycles. The Kier molecular flexibility index (Phi) is 5.53. The Hall–Kier alpha value is -2.53. The zero-order chi connectivity index (χ0) is 19.5. The monoisotopic (exact) mass is 378 g/mol. The first-order valence-electron chi connectivity index (χ1n) is 10.1. The van der Waals surface area contributed by atoms with Crippen molar-refractivity contribution in [3.63, 3.8) is 0 Å². The van der Waals surface area contributed by atoms with Gasteiger partial charge in [0.1, 0.15) is 5.82 Å². The van der Waals surface area contributed by atoms with E-state index in [-0.39, 0.29) is 5.82 Å². The zero-order valence-electron chi connectivity index (χ0n) is 16.6. The highest BCUT2D eigenvalue weighted by Crippen LogP contribution is 2.24. The van der Waals surface area contributed by atoms with Crippen molar-refractivity contribution in [1.29, 1.82) is 0 Å². The predicted molar refractivity (Wildman–Crippen MR) is 110 cm³/mol. The number of hydrogen-bond acceptors (Lipinski definition) is 3. The van der Waals surface area contributed by atoms with Gasteiger partial charge in [-0.25, -0.2) is 14.1 Å². The second-order valence-electron chi connectivity index (χ2n) is 7.88. The average Bonchev–Trinajstić information content (AvgIpc) is 3.13. The maximum atomic E-state index is 13.4. The Bertz CT molecular complexity index is 907. The Morgan fingerprint density at radius 3 is 2.25 bits per heavy atom. The molecule has 0 bridgehead atoms. The summed E-state index contributed by atoms with van der Waals surface area (Å²) < 4.78 is 15.4. The zero-order valence-corrected chi connectivity index (χ0v) is 16.6. The molecule has 28 heavy (non-hydrogen) atoms. The third kappa shape index (κ3) is 4.30. The topological polar surface area (TPSA) is 34.0 Å². The highest BCUT2D eigenvalue weighted by Gasteiger charge is 2.18. The molecule has 0 spiro atoms. The van der Waals surface area contributed by atoms with Gasteiger partial charge in [-0.05, 0) is 63.0 Å². The Labute approximate surface area is 166 Å². The van der Waals surface area contributed by atoms with Crippen LogP contribution in [-0.2, 0) is 6.54 Å². The summed E-state index contributed by atoms with van der Waals surface area (Å²) in [5, 5.41) is 4.79. The van der Waals surface area contributed by atoms with E-state index in [4.69, 9.17) is 10.1 Å². The summed E-state index contributed by atoms with van der Waals surface area (Å²) in [5.74, 6) is 2.09. The van der Waals surface area contributed by atoms with Crippen molar-refractivity contribution in [2.75, 3.05) is 19.6 Å². The van der Waals surface area contributed by atoms with E-state index in [2.05, 4.69) is 43.0 Å². The predicted octanol–water partition coefficient (Wildman–Crippen LogP) is 4.79. The van der Waals surface area contributed by atoms with Crippen LogP contribution in [0, 0.1) is 18.7 Å². The lowest BCUT2D eigenvalue weighted by atomic mass is 9.99. The summed E-state index contributed by atoms with van der Waals surface area (Å²) in [7, 11) is 0. The summed E-state index contributed by atoms with van der Waals surface area (Å²) >= 11 is 0. The highest BCUT2D eigenvalue weighted by atomic mass is 19.1. The molecular weight excluding hydrogens is 351 g/mol. The number of aromatic nitrogens is 3. The highest BCUT2D eigenvalue weighted by molar-refractivity contribution is 5.61. The molecule has 4 rings (SSSR count). The van der Waals surface area contributed by atoms with Gasteiger partial charge in [0.05, 0.1) is 6.54 Å². The fourth-order valence-corrected chi connectivity index (χ4v) is 3.66. The molecule has 1 fully saturated rings. The number of nitrogens with zero attached hydrogens (tertiary/aromatic N) is 4. The minimum Gasteiger partial charge on any atom is -0.301 e. The fraction of sp³-hybridized carbons (Fsp3) is 0.391. The summed E-state index contributed by atoms with van der Waals surface area (Å²) in [6, 6.07) is 14.8. The van der Waals surface area contributed by atoms with Gasteiger partial charge in [-0.1, -0.05) is 36.8 Å². The number of hydrogen-bond donors (Lipinski definition) is 0. The van der Waals surface area contributed by atoms with Crippen molar-refractivity contribution >= 4 is 0 Å². The van der Waals surface area contributed by atoms with Crippen LogP contribution in [-0.4, -0.2) is 39.3 Å². The molecule has 3 aromatic rings. The van der Waals surface area contributed by atoms with E-state index in [0.29, 0.717) is 5.82 Å². The van der Waals surface area contributed by atoms with Crippen LogP contribution in [0.1, 0.15) is 25.3 Å². The van der Waals surface area contributed by atoms with E-state index in [1.54, 1.807) is 12.1 Å². The Morgan fingerprint density at radius 2 is 1.57 bits per heavy atom. The van der Waals surface area contributed by atoms with E-state index in [9.17, 15) is 4.39 Å². The molecule has 0 aliphatic carbocycles. The number of benzene rings is 2. The van der Waals surface area contributed by atoms with E-state index in [0.717, 1.165) is 49.0 Å². The van der Waals surface area contributed by atoms with Crippen molar-refractivity contribution in [2.24, 2.45) is 5.92 Å². The SMILES string of the molecule is Cc1ccc(-c2nc(-c3ccc(F)cc3)n(CCN3CCC(C)CC3)n2)cc1. The molecule has 5 heteroatoms. The van der Waals surface area contributed by atoms with Gasteiger partial charge in [0.15, 0.2) is 11.6 Å². The summed E-state index contributed by atoms with van der Waals surface area (Å²) in [5.41, 5.74) is 3.10. The molecule has 4 nitrogen and oxygen atoms in total. The second kappa shape index (κ2) is 8.23. The smallest absolute Gasteiger partial charge is 0.181 e. The summed E-state index contributed by atoms with van der Waals surface area (Å²) in [4.78, 5) is 7.30. The molecule has 2 heterocycles. The lowest BCUT2D eigenvalue weighted by molar-refractivity contribution is 0.185. The van der Waals surface area contributed by atoms with Gasteiger partial charge in [0.2, 0.25) is 0 Å². The van der Waals surface area contributed by atoms with Crippen LogP contribution < -0.4 is 0 Å². The first-order valence-corrected chi connectivity index (χ1v) is 10.1.